The van der Waals surface area contributed by atoms with Crippen molar-refractivity contribution in [3.8, 4) is 0 Å². The van der Waals surface area contributed by atoms with Crippen LogP contribution < -0.4 is 4.90 Å². The van der Waals surface area contributed by atoms with E-state index in [1.54, 1.807) is 12.1 Å². The normalized spacial score (nSPS) is 23.0. The molecule has 0 unspecified atom stereocenters. The Morgan fingerprint density at radius 2 is 1.36 bits per heavy atom. The molecule has 122 valence electrons. The maximum atomic E-state index is 13.0. The molecular formula is C19H29FN2. The minimum atomic E-state index is -0.146. The summed E-state index contributed by atoms with van der Waals surface area (Å²) in [4.78, 5) is 5.05. The number of likely N-dealkylation sites (tertiary alicyclic amines) is 1. The van der Waals surface area contributed by atoms with Crippen molar-refractivity contribution in [3.63, 3.8) is 0 Å². The van der Waals surface area contributed by atoms with Gasteiger partial charge in [-0.2, -0.15) is 0 Å². The van der Waals surface area contributed by atoms with Crippen molar-refractivity contribution in [1.29, 1.82) is 0 Å². The fraction of sp³-hybridized carbons (Fsp3) is 0.684. The zero-order valence-corrected chi connectivity index (χ0v) is 14.2. The van der Waals surface area contributed by atoms with Crippen LogP contribution in [0.25, 0.3) is 0 Å². The summed E-state index contributed by atoms with van der Waals surface area (Å²) < 4.78 is 13.0. The molecule has 1 aromatic rings. The Morgan fingerprint density at radius 1 is 0.864 bits per heavy atom. The Balaban J connectivity index is 1.57. The van der Waals surface area contributed by atoms with Gasteiger partial charge < -0.3 is 4.90 Å². The zero-order chi connectivity index (χ0) is 15.8. The van der Waals surface area contributed by atoms with Gasteiger partial charge in [0.05, 0.1) is 0 Å². The fourth-order valence-electron chi connectivity index (χ4n) is 4.04. The van der Waals surface area contributed by atoms with Gasteiger partial charge in [0, 0.05) is 24.3 Å². The molecule has 0 aromatic heterocycles. The zero-order valence-electron chi connectivity index (χ0n) is 14.2. The van der Waals surface area contributed by atoms with Gasteiger partial charge in [0.2, 0.25) is 0 Å². The lowest BCUT2D eigenvalue weighted by atomic mass is 9.70. The standard InChI is InChI=1S/C19H29FN2/c1-18(2,3)22-14-10-19(11-15-22)8-12-21(13-9-19)17-6-4-16(20)5-7-17/h4-7H,8-15H2,1-3H3. The van der Waals surface area contributed by atoms with Gasteiger partial charge in [-0.3, -0.25) is 4.90 Å². The van der Waals surface area contributed by atoms with Gasteiger partial charge >= 0.3 is 0 Å². The molecule has 0 aliphatic carbocycles. The minimum Gasteiger partial charge on any atom is -0.371 e. The predicted molar refractivity (Wildman–Crippen MR) is 90.8 cm³/mol. The fourth-order valence-corrected chi connectivity index (χ4v) is 4.04. The molecule has 1 aromatic carbocycles. The number of hydrogen-bond acceptors (Lipinski definition) is 2. The number of piperidine rings is 2. The van der Waals surface area contributed by atoms with Crippen LogP contribution in [0.3, 0.4) is 0 Å². The van der Waals surface area contributed by atoms with Crippen LogP contribution in [0, 0.1) is 11.2 Å². The van der Waals surface area contributed by atoms with Gasteiger partial charge in [-0.25, -0.2) is 4.39 Å². The van der Waals surface area contributed by atoms with Gasteiger partial charge in [-0.1, -0.05) is 0 Å². The molecule has 3 rings (SSSR count). The number of nitrogens with zero attached hydrogens (tertiary/aromatic N) is 2. The van der Waals surface area contributed by atoms with E-state index in [4.69, 9.17) is 0 Å². The van der Waals surface area contributed by atoms with Crippen molar-refractivity contribution in [1.82, 2.24) is 4.90 Å². The van der Waals surface area contributed by atoms with Crippen LogP contribution in [0.2, 0.25) is 0 Å². The van der Waals surface area contributed by atoms with Crippen molar-refractivity contribution in [2.45, 2.75) is 52.0 Å². The van der Waals surface area contributed by atoms with Crippen molar-refractivity contribution in [2.75, 3.05) is 31.1 Å². The van der Waals surface area contributed by atoms with E-state index in [0.29, 0.717) is 11.0 Å². The van der Waals surface area contributed by atoms with Crippen LogP contribution in [0.5, 0.6) is 0 Å². The second kappa shape index (κ2) is 5.84. The van der Waals surface area contributed by atoms with E-state index < -0.39 is 0 Å². The van der Waals surface area contributed by atoms with Crippen LogP contribution in [-0.4, -0.2) is 36.6 Å². The minimum absolute atomic E-state index is 0.146. The van der Waals surface area contributed by atoms with E-state index in [-0.39, 0.29) is 5.82 Å². The summed E-state index contributed by atoms with van der Waals surface area (Å²) in [5, 5.41) is 0. The molecule has 0 saturated carbocycles. The SMILES string of the molecule is CC(C)(C)N1CCC2(CCN(c3ccc(F)cc3)CC2)CC1. The lowest BCUT2D eigenvalue weighted by Gasteiger charge is -2.50. The number of anilines is 1. The first kappa shape index (κ1) is 15.8. The van der Waals surface area contributed by atoms with Gasteiger partial charge in [0.1, 0.15) is 5.82 Å². The molecule has 0 bridgehead atoms. The Labute approximate surface area is 134 Å². The third-order valence-electron chi connectivity index (χ3n) is 5.79. The van der Waals surface area contributed by atoms with Gasteiger partial charge in [0.15, 0.2) is 0 Å². The molecule has 2 aliphatic heterocycles. The number of benzene rings is 1. The topological polar surface area (TPSA) is 6.48 Å². The van der Waals surface area contributed by atoms with E-state index in [9.17, 15) is 4.39 Å². The molecule has 2 aliphatic rings. The highest BCUT2D eigenvalue weighted by Gasteiger charge is 2.39. The highest BCUT2D eigenvalue weighted by molar-refractivity contribution is 5.46. The van der Waals surface area contributed by atoms with Crippen LogP contribution in [-0.2, 0) is 0 Å². The molecule has 1 spiro atoms. The summed E-state index contributed by atoms with van der Waals surface area (Å²) >= 11 is 0. The summed E-state index contributed by atoms with van der Waals surface area (Å²) in [6, 6.07) is 6.97. The van der Waals surface area contributed by atoms with Crippen LogP contribution >= 0.6 is 0 Å². The summed E-state index contributed by atoms with van der Waals surface area (Å²) in [6.07, 6.45) is 5.23. The van der Waals surface area contributed by atoms with Crippen molar-refractivity contribution in [3.05, 3.63) is 30.1 Å². The summed E-state index contributed by atoms with van der Waals surface area (Å²) in [7, 11) is 0. The second-order valence-corrected chi connectivity index (χ2v) is 8.12. The average molecular weight is 304 g/mol. The smallest absolute Gasteiger partial charge is 0.123 e. The predicted octanol–water partition coefficient (Wildman–Crippen LogP) is 4.31. The lowest BCUT2D eigenvalue weighted by molar-refractivity contribution is 0.0294. The maximum Gasteiger partial charge on any atom is 0.123 e. The third kappa shape index (κ3) is 3.29. The van der Waals surface area contributed by atoms with Gasteiger partial charge in [-0.15, -0.1) is 0 Å². The van der Waals surface area contributed by atoms with Crippen molar-refractivity contribution in [2.24, 2.45) is 5.41 Å². The second-order valence-electron chi connectivity index (χ2n) is 8.12. The van der Waals surface area contributed by atoms with E-state index in [1.165, 1.54) is 44.5 Å². The monoisotopic (exact) mass is 304 g/mol. The Bertz CT molecular complexity index is 485. The molecule has 0 amide bonds. The van der Waals surface area contributed by atoms with Crippen LogP contribution in [0.15, 0.2) is 24.3 Å². The first-order valence-corrected chi connectivity index (χ1v) is 8.64. The summed E-state index contributed by atoms with van der Waals surface area (Å²) in [6.45, 7) is 11.7. The first-order chi connectivity index (χ1) is 10.4. The molecule has 22 heavy (non-hydrogen) atoms. The van der Waals surface area contributed by atoms with Crippen molar-refractivity contribution < 1.29 is 4.39 Å². The number of halogens is 1. The van der Waals surface area contributed by atoms with E-state index in [0.717, 1.165) is 13.1 Å². The Morgan fingerprint density at radius 3 is 1.86 bits per heavy atom. The summed E-state index contributed by atoms with van der Waals surface area (Å²) in [5.74, 6) is -0.146. The highest BCUT2D eigenvalue weighted by atomic mass is 19.1. The largest absolute Gasteiger partial charge is 0.371 e. The van der Waals surface area contributed by atoms with E-state index >= 15 is 0 Å². The summed E-state index contributed by atoms with van der Waals surface area (Å²) in [5.41, 5.74) is 2.03. The molecule has 0 radical (unpaired) electrons. The molecule has 2 fully saturated rings. The molecule has 0 N–H and O–H groups in total. The number of hydrogen-bond donors (Lipinski definition) is 0. The number of rotatable bonds is 1. The molecule has 2 nitrogen and oxygen atoms in total. The van der Waals surface area contributed by atoms with Crippen LogP contribution in [0.4, 0.5) is 10.1 Å². The van der Waals surface area contributed by atoms with E-state index in [1.807, 2.05) is 12.1 Å². The average Bonchev–Trinajstić information content (AvgIpc) is 2.49. The quantitative estimate of drug-likeness (QED) is 0.763. The molecule has 3 heteroatoms. The molecule has 2 saturated heterocycles. The van der Waals surface area contributed by atoms with Gasteiger partial charge in [0.25, 0.3) is 0 Å². The highest BCUT2D eigenvalue weighted by Crippen LogP contribution is 2.43. The maximum absolute atomic E-state index is 13.0. The Kier molecular flexibility index (Phi) is 4.19. The lowest BCUT2D eigenvalue weighted by Crippen LogP contribution is -2.51. The molecule has 2 heterocycles. The van der Waals surface area contributed by atoms with E-state index in [2.05, 4.69) is 30.6 Å². The molecular weight excluding hydrogens is 275 g/mol. The first-order valence-electron chi connectivity index (χ1n) is 8.64. The third-order valence-corrected chi connectivity index (χ3v) is 5.79. The van der Waals surface area contributed by atoms with Crippen LogP contribution in [0.1, 0.15) is 46.5 Å². The van der Waals surface area contributed by atoms with Crippen molar-refractivity contribution >= 4 is 5.69 Å². The Hall–Kier alpha value is -1.09. The molecule has 0 atom stereocenters. The van der Waals surface area contributed by atoms with Gasteiger partial charge in [-0.05, 0) is 89.2 Å².